The monoisotopic (exact) mass is 268 g/mol. The van der Waals surface area contributed by atoms with Gasteiger partial charge in [0.25, 0.3) is 10.0 Å². The van der Waals surface area contributed by atoms with Crippen LogP contribution >= 0.6 is 0 Å². The predicted octanol–water partition coefficient (Wildman–Crippen LogP) is 0.439. The van der Waals surface area contributed by atoms with Crippen LogP contribution in [0.4, 0.5) is 5.69 Å². The van der Waals surface area contributed by atoms with Crippen LogP contribution in [-0.2, 0) is 16.6 Å². The average Bonchev–Trinajstić information content (AvgIpc) is 2.73. The first-order valence-electron chi connectivity index (χ1n) is 5.10. The normalized spacial score (nSPS) is 11.6. The zero-order valence-electron chi connectivity index (χ0n) is 9.62. The van der Waals surface area contributed by atoms with Gasteiger partial charge in [-0.15, -0.1) is 0 Å². The Bertz CT molecular complexity index is 651. The Balaban J connectivity index is 2.16. The number of hydrogen-bond acceptors (Lipinski definition) is 6. The summed E-state index contributed by atoms with van der Waals surface area (Å²) in [7, 11) is -3.77. The second-order valence-corrected chi connectivity index (χ2v) is 5.27. The summed E-state index contributed by atoms with van der Waals surface area (Å²) in [5.74, 6) is 0.895. The van der Waals surface area contributed by atoms with Crippen LogP contribution in [0, 0.1) is 6.92 Å². The Kier molecular flexibility index (Phi) is 3.30. The van der Waals surface area contributed by atoms with Gasteiger partial charge in [-0.1, -0.05) is 0 Å². The van der Waals surface area contributed by atoms with E-state index in [9.17, 15) is 8.42 Å². The van der Waals surface area contributed by atoms with Crippen LogP contribution in [0.2, 0.25) is 0 Å². The molecule has 0 amide bonds. The molecule has 0 spiro atoms. The van der Waals surface area contributed by atoms with Crippen LogP contribution in [0.1, 0.15) is 11.7 Å². The number of aromatic nitrogens is 2. The number of nitrogens with zero attached hydrogens (tertiary/aromatic N) is 2. The molecule has 18 heavy (non-hydrogen) atoms. The van der Waals surface area contributed by atoms with Gasteiger partial charge in [0, 0.05) is 6.20 Å². The fraction of sp³-hybridized carbons (Fsp3) is 0.200. The maximum atomic E-state index is 11.9. The molecule has 2 heterocycles. The number of pyridine rings is 1. The standard InChI is InChI=1S/C10H12N4O3S/c1-7-5-13-9(17-7)6-14-18(15,16)10-8(11)3-2-4-12-10/h2-5,14H,6,11H2,1H3. The third kappa shape index (κ3) is 2.66. The molecule has 0 aliphatic carbocycles. The minimum Gasteiger partial charge on any atom is -0.445 e. The summed E-state index contributed by atoms with van der Waals surface area (Å²) < 4.78 is 31.3. The van der Waals surface area contributed by atoms with Crippen molar-refractivity contribution in [3.63, 3.8) is 0 Å². The van der Waals surface area contributed by atoms with Crippen molar-refractivity contribution in [2.24, 2.45) is 0 Å². The van der Waals surface area contributed by atoms with Crippen molar-refractivity contribution in [2.75, 3.05) is 5.73 Å². The molecule has 8 heteroatoms. The van der Waals surface area contributed by atoms with Gasteiger partial charge >= 0.3 is 0 Å². The third-order valence-electron chi connectivity index (χ3n) is 2.14. The van der Waals surface area contributed by atoms with Crippen molar-refractivity contribution < 1.29 is 12.8 Å². The van der Waals surface area contributed by atoms with Crippen LogP contribution in [0.3, 0.4) is 0 Å². The third-order valence-corrected chi connectivity index (χ3v) is 3.51. The molecule has 0 saturated heterocycles. The second kappa shape index (κ2) is 4.75. The second-order valence-electron chi connectivity index (χ2n) is 3.59. The van der Waals surface area contributed by atoms with Gasteiger partial charge in [-0.25, -0.2) is 23.1 Å². The quantitative estimate of drug-likeness (QED) is 0.832. The van der Waals surface area contributed by atoms with Crippen molar-refractivity contribution in [3.05, 3.63) is 36.2 Å². The molecule has 0 saturated carbocycles. The molecule has 2 rings (SSSR count). The van der Waals surface area contributed by atoms with Crippen LogP contribution in [0.15, 0.2) is 34.0 Å². The molecular weight excluding hydrogens is 256 g/mol. The van der Waals surface area contributed by atoms with E-state index in [4.69, 9.17) is 10.2 Å². The zero-order valence-corrected chi connectivity index (χ0v) is 10.4. The van der Waals surface area contributed by atoms with Crippen molar-refractivity contribution >= 4 is 15.7 Å². The summed E-state index contributed by atoms with van der Waals surface area (Å²) in [5, 5.41) is -0.201. The molecular formula is C10H12N4O3S. The fourth-order valence-corrected chi connectivity index (χ4v) is 2.36. The number of hydrogen-bond donors (Lipinski definition) is 2. The maximum Gasteiger partial charge on any atom is 0.260 e. The molecule has 0 unspecified atom stereocenters. The van der Waals surface area contributed by atoms with E-state index in [1.165, 1.54) is 18.5 Å². The molecule has 7 nitrogen and oxygen atoms in total. The van der Waals surface area contributed by atoms with Gasteiger partial charge in [0.1, 0.15) is 5.76 Å². The Morgan fingerprint density at radius 1 is 1.44 bits per heavy atom. The maximum absolute atomic E-state index is 11.9. The SMILES string of the molecule is Cc1cnc(CNS(=O)(=O)c2ncccc2N)o1. The first-order chi connectivity index (χ1) is 8.49. The highest BCUT2D eigenvalue weighted by Gasteiger charge is 2.19. The molecule has 0 fully saturated rings. The number of nitrogen functional groups attached to an aromatic ring is 1. The summed E-state index contributed by atoms with van der Waals surface area (Å²) >= 11 is 0. The van der Waals surface area contributed by atoms with E-state index in [1.54, 1.807) is 13.0 Å². The van der Waals surface area contributed by atoms with Crippen molar-refractivity contribution in [1.82, 2.24) is 14.7 Å². The molecule has 3 N–H and O–H groups in total. The summed E-state index contributed by atoms with van der Waals surface area (Å²) in [4.78, 5) is 7.63. The number of aryl methyl sites for hydroxylation is 1. The van der Waals surface area contributed by atoms with E-state index in [2.05, 4.69) is 14.7 Å². The molecule has 2 aromatic heterocycles. The lowest BCUT2D eigenvalue weighted by Gasteiger charge is -2.05. The summed E-state index contributed by atoms with van der Waals surface area (Å²) in [6.07, 6.45) is 2.87. The van der Waals surface area contributed by atoms with Crippen molar-refractivity contribution in [3.8, 4) is 0 Å². The van der Waals surface area contributed by atoms with Crippen LogP contribution in [0.25, 0.3) is 0 Å². The summed E-state index contributed by atoms with van der Waals surface area (Å²) in [6, 6.07) is 3.03. The van der Waals surface area contributed by atoms with E-state index in [-0.39, 0.29) is 23.1 Å². The van der Waals surface area contributed by atoms with E-state index in [0.717, 1.165) is 0 Å². The molecule has 0 radical (unpaired) electrons. The van der Waals surface area contributed by atoms with Gasteiger partial charge in [-0.3, -0.25) is 0 Å². The topological polar surface area (TPSA) is 111 Å². The Morgan fingerprint density at radius 2 is 2.22 bits per heavy atom. The predicted molar refractivity (Wildman–Crippen MR) is 63.9 cm³/mol. The van der Waals surface area contributed by atoms with E-state index < -0.39 is 10.0 Å². The lowest BCUT2D eigenvalue weighted by atomic mass is 10.4. The van der Waals surface area contributed by atoms with Gasteiger partial charge in [0.15, 0.2) is 5.03 Å². The highest BCUT2D eigenvalue weighted by molar-refractivity contribution is 7.89. The highest BCUT2D eigenvalue weighted by atomic mass is 32.2. The lowest BCUT2D eigenvalue weighted by Crippen LogP contribution is -2.25. The molecule has 0 bridgehead atoms. The molecule has 0 aromatic carbocycles. The van der Waals surface area contributed by atoms with Gasteiger partial charge in [0.2, 0.25) is 5.89 Å². The number of rotatable bonds is 4. The van der Waals surface area contributed by atoms with Crippen molar-refractivity contribution in [1.29, 1.82) is 0 Å². The molecule has 0 aliphatic rings. The Labute approximate surface area is 104 Å². The summed E-state index contributed by atoms with van der Waals surface area (Å²) in [6.45, 7) is 1.67. The number of nitrogens with one attached hydrogen (secondary N) is 1. The first kappa shape index (κ1) is 12.5. The molecule has 96 valence electrons. The van der Waals surface area contributed by atoms with Gasteiger partial charge in [-0.2, -0.15) is 0 Å². The smallest absolute Gasteiger partial charge is 0.260 e. The average molecular weight is 268 g/mol. The number of anilines is 1. The van der Waals surface area contributed by atoms with E-state index in [1.807, 2.05) is 0 Å². The van der Waals surface area contributed by atoms with Crippen LogP contribution < -0.4 is 10.5 Å². The first-order valence-corrected chi connectivity index (χ1v) is 6.59. The lowest BCUT2D eigenvalue weighted by molar-refractivity contribution is 0.463. The van der Waals surface area contributed by atoms with Crippen LogP contribution in [0.5, 0.6) is 0 Å². The molecule has 0 aliphatic heterocycles. The molecule has 0 atom stereocenters. The minimum atomic E-state index is -3.77. The largest absolute Gasteiger partial charge is 0.445 e. The van der Waals surface area contributed by atoms with E-state index in [0.29, 0.717) is 5.76 Å². The Morgan fingerprint density at radius 3 is 2.83 bits per heavy atom. The van der Waals surface area contributed by atoms with Gasteiger partial charge in [0.05, 0.1) is 18.4 Å². The summed E-state index contributed by atoms with van der Waals surface area (Å²) in [5.41, 5.74) is 5.65. The highest BCUT2D eigenvalue weighted by Crippen LogP contribution is 2.14. The number of nitrogens with two attached hydrogens (primary N) is 1. The Hall–Kier alpha value is -1.93. The minimum absolute atomic E-state index is 0.0494. The molecule has 2 aromatic rings. The van der Waals surface area contributed by atoms with Crippen molar-refractivity contribution in [2.45, 2.75) is 18.5 Å². The number of oxazole rings is 1. The van der Waals surface area contributed by atoms with Crippen LogP contribution in [-0.4, -0.2) is 18.4 Å². The fourth-order valence-electron chi connectivity index (χ4n) is 1.34. The van der Waals surface area contributed by atoms with Gasteiger partial charge < -0.3 is 10.2 Å². The van der Waals surface area contributed by atoms with Gasteiger partial charge in [-0.05, 0) is 19.1 Å². The zero-order chi connectivity index (χ0) is 13.2. The number of sulfonamides is 1. The van der Waals surface area contributed by atoms with E-state index >= 15 is 0 Å².